The number of para-hydroxylation sites is 3. The maximum atomic E-state index is 8.41. The summed E-state index contributed by atoms with van der Waals surface area (Å²) >= 11 is 0. The summed E-state index contributed by atoms with van der Waals surface area (Å²) in [5, 5.41) is 9.92. The lowest BCUT2D eigenvalue weighted by molar-refractivity contribution is 0.263. The Morgan fingerprint density at radius 1 is 0.299 bits per heavy atom. The van der Waals surface area contributed by atoms with Crippen LogP contribution >= 0.6 is 0 Å². The molecule has 22 heteroatoms. The summed E-state index contributed by atoms with van der Waals surface area (Å²) in [6.45, 7) is 18.5. The number of furan rings is 5. The Balaban J connectivity index is 0.000000137. The number of benzene rings is 7. The van der Waals surface area contributed by atoms with Crippen LogP contribution < -0.4 is 34.3 Å². The summed E-state index contributed by atoms with van der Waals surface area (Å²) in [6.07, 6.45) is 21.9. The van der Waals surface area contributed by atoms with Crippen LogP contribution in [0.1, 0.15) is 142 Å². The Morgan fingerprint density at radius 3 is 1.00 bits per heavy atom. The molecule has 652 valence electrons. The lowest BCUT2D eigenvalue weighted by atomic mass is 10.1. The fourth-order valence-corrected chi connectivity index (χ4v) is 17.7. The Morgan fingerprint density at radius 2 is 0.638 bits per heavy atom. The van der Waals surface area contributed by atoms with Crippen LogP contribution in [0.25, 0.3) is 110 Å². The summed E-state index contributed by atoms with van der Waals surface area (Å²) in [6, 6.07) is 55.6. The lowest BCUT2D eigenvalue weighted by Crippen LogP contribution is -2.39. The number of hydrogen-bond acceptors (Lipinski definition) is 22. The van der Waals surface area contributed by atoms with Crippen molar-refractivity contribution in [1.82, 2.24) is 49.6 Å². The fraction of sp³-hybridized carbons (Fsp3) is 0.267. The number of aromatic nitrogens is 7. The zero-order valence-corrected chi connectivity index (χ0v) is 69.8. The molecule has 7 aromatic carbocycles. The molecule has 6 unspecified atom stereocenters. The van der Waals surface area contributed by atoms with Gasteiger partial charge in [-0.05, 0) is 210 Å². The average molecular weight is 1710 g/mol. The third-order valence-electron chi connectivity index (χ3n) is 23.8. The molecule has 23 rings (SSSR count). The zero-order valence-electron chi connectivity index (χ0n) is 80.8. The van der Waals surface area contributed by atoms with E-state index in [1.165, 1.54) is 16.7 Å². The van der Waals surface area contributed by atoms with E-state index in [-0.39, 0.29) is 61.8 Å². The number of aryl methyl sites for hydroxylation is 5. The van der Waals surface area contributed by atoms with Crippen molar-refractivity contribution in [3.8, 4) is 0 Å². The van der Waals surface area contributed by atoms with Crippen LogP contribution in [-0.2, 0) is 0 Å². The molecule has 0 amide bonds. The summed E-state index contributed by atoms with van der Waals surface area (Å²) in [4.78, 5) is 50.1. The molecular formula is C105H117N17O5. The van der Waals surface area contributed by atoms with Crippen molar-refractivity contribution in [1.29, 1.82) is 0 Å². The number of hydrogen-bond donors (Lipinski definition) is 0. The molecule has 16 heterocycles. The van der Waals surface area contributed by atoms with Gasteiger partial charge in [-0.1, -0.05) is 128 Å². The first-order valence-corrected chi connectivity index (χ1v) is 40.7. The van der Waals surface area contributed by atoms with E-state index in [4.69, 9.17) is 42.1 Å². The molecule has 5 aliphatic heterocycles. The van der Waals surface area contributed by atoms with Crippen LogP contribution in [0, 0.1) is 34.6 Å². The van der Waals surface area contributed by atoms with Crippen LogP contribution in [0.4, 0.5) is 57.1 Å². The van der Waals surface area contributed by atoms with Gasteiger partial charge in [0.1, 0.15) is 30.8 Å². The van der Waals surface area contributed by atoms with E-state index in [1.54, 1.807) is 66.9 Å². The molecule has 0 N–H and O–H groups in total. The first kappa shape index (κ1) is 75.1. The smallest absolute Gasteiger partial charge is 0.227 e. The molecule has 5 aliphatic rings. The van der Waals surface area contributed by atoms with Gasteiger partial charge in [0.2, 0.25) is 28.6 Å². The van der Waals surface area contributed by atoms with E-state index in [2.05, 4.69) is 114 Å². The van der Waals surface area contributed by atoms with Gasteiger partial charge in [0.05, 0.1) is 42.6 Å². The van der Waals surface area contributed by atoms with Gasteiger partial charge < -0.3 is 66.2 Å². The Kier molecular flexibility index (Phi) is 21.1. The predicted molar refractivity (Wildman–Crippen MR) is 529 cm³/mol. The third kappa shape index (κ3) is 15.0. The van der Waals surface area contributed by atoms with E-state index in [0.29, 0.717) is 39.8 Å². The number of rotatable bonds is 8. The molecule has 6 atom stereocenters. The number of fused-ring (bicyclic) bond motifs is 17. The Bertz CT molecular complexity index is 7490. The molecule has 0 radical (unpaired) electrons. The largest absolute Gasteiger partial charge is 0.435 e. The molecule has 0 saturated heterocycles. The summed E-state index contributed by atoms with van der Waals surface area (Å²) in [7, 11) is 0. The predicted octanol–water partition coefficient (Wildman–Crippen LogP) is 27.3. The summed E-state index contributed by atoms with van der Waals surface area (Å²) in [5.41, 5.74) is 19.4. The third-order valence-corrected chi connectivity index (χ3v) is 23.8. The number of anilines is 10. The maximum Gasteiger partial charge on any atom is 0.227 e. The van der Waals surface area contributed by atoms with Gasteiger partial charge >= 0.3 is 0 Å². The molecule has 0 saturated carbocycles. The Labute approximate surface area is 760 Å². The van der Waals surface area contributed by atoms with Gasteiger partial charge in [-0.25, -0.2) is 34.9 Å². The van der Waals surface area contributed by atoms with Crippen molar-refractivity contribution in [2.24, 2.45) is 0 Å². The molecule has 127 heavy (non-hydrogen) atoms. The second-order valence-electron chi connectivity index (χ2n) is 31.4. The minimum atomic E-state index is -2.44. The molecule has 0 bridgehead atoms. The standard InChI is InChI=1S/C24H19N5O.C21H19N3O.2C19H21N3O.C17H17N3O.5CH4/c1-15-10-11-18-19-9-6-12-27-24(19)30-21(18)20(15)29-16(2)28(17-7-4-3-5-8-17)22-23(29)26-14-13-25-22;1-13-10-11-15-16-7-6-12-22-21(16)25-20(15)19(13)24-14(2)23(3)17-8-4-5-9-18(17)24;2*1-12(2)21-10-11-22(14(21)4)17-13(3)7-8-15-16-6-5-9-20-19(16)23-18(15)17;1-11-6-7-13-14-5-4-8-18-17(14)21-16(13)15(11)20-10-9-19(3)12(20)2;;;;;/h3-14,16H,1-2H3;4-12,14H,1-3H3;2*5-12,14H,1-4H3;4-10,12H,1-3H3;5*1H4/i;3D3;1D3,12D;12D;3D3;;;;;. The molecule has 0 fully saturated rings. The highest BCUT2D eigenvalue weighted by atomic mass is 16.4. The van der Waals surface area contributed by atoms with Crippen molar-refractivity contribution >= 4 is 167 Å². The van der Waals surface area contributed by atoms with Crippen molar-refractivity contribution in [3.05, 3.63) is 284 Å². The SMILES string of the molecule is C.C.C.C.C.Cc1ccc2c(oc3ncccc32)c1N1c2nccnc2N(c2ccccc2)C1C.[2H]C(C)(C)N1C=CN(c2c(C)ccc3c2oc2ncccc23)C1C.[2H]C([2H])([2H])C([2H])(C)N1C=CN(c2c(C)ccc3c2oc2ncccc23)C1C.[2H]C([2H])([2H])N1C=CN(c2c(C)ccc3c2oc2ncccc23)C1C.[2H]C([2H])([2H])N1c2ccccc2N(c2c(C)ccc3c2oc2ncccc23)C1C. The monoisotopic (exact) mass is 1710 g/mol. The summed E-state index contributed by atoms with van der Waals surface area (Å²) in [5.74, 6) is 1.65. The molecule has 0 spiro atoms. The van der Waals surface area contributed by atoms with Crippen LogP contribution in [0.5, 0.6) is 0 Å². The van der Waals surface area contributed by atoms with Gasteiger partial charge in [0.15, 0.2) is 39.6 Å². The minimum absolute atomic E-state index is 0. The first-order chi connectivity index (χ1) is 63.5. The average Bonchev–Trinajstić information content (AvgIpc) is 1.58. The van der Waals surface area contributed by atoms with Crippen LogP contribution in [0.2, 0.25) is 0 Å². The van der Waals surface area contributed by atoms with E-state index in [9.17, 15) is 0 Å². The fourth-order valence-electron chi connectivity index (χ4n) is 17.7. The quantitative estimate of drug-likeness (QED) is 0.140. The van der Waals surface area contributed by atoms with Crippen molar-refractivity contribution in [2.75, 3.05) is 48.3 Å². The van der Waals surface area contributed by atoms with Crippen LogP contribution in [0.15, 0.2) is 279 Å². The Hall–Kier alpha value is -14.4. The van der Waals surface area contributed by atoms with Crippen molar-refractivity contribution < 1.29 is 37.2 Å². The summed E-state index contributed by atoms with van der Waals surface area (Å²) < 4.78 is 118. The first-order valence-electron chi connectivity index (χ1n) is 46.2. The van der Waals surface area contributed by atoms with Gasteiger partial charge in [0.25, 0.3) is 0 Å². The van der Waals surface area contributed by atoms with Gasteiger partial charge in [-0.2, -0.15) is 0 Å². The lowest BCUT2D eigenvalue weighted by Gasteiger charge is -2.33. The minimum Gasteiger partial charge on any atom is -0.435 e. The normalized spacial score (nSPS) is 18.7. The molecular weight excluding hydrogens is 1580 g/mol. The van der Waals surface area contributed by atoms with Crippen molar-refractivity contribution in [2.45, 2.75) is 177 Å². The highest BCUT2D eigenvalue weighted by Crippen LogP contribution is 2.52. The topological polar surface area (TPSA) is 188 Å². The zero-order chi connectivity index (χ0) is 93.6. The van der Waals surface area contributed by atoms with Crippen LogP contribution in [-0.4, -0.2) is 106 Å². The second kappa shape index (κ2) is 35.7. The van der Waals surface area contributed by atoms with Crippen molar-refractivity contribution in [3.63, 3.8) is 0 Å². The number of pyridine rings is 5. The molecule has 0 aliphatic carbocycles. The van der Waals surface area contributed by atoms with E-state index < -0.39 is 39.0 Å². The van der Waals surface area contributed by atoms with Gasteiger partial charge in [-0.3, -0.25) is 4.90 Å². The van der Waals surface area contributed by atoms with Gasteiger partial charge in [0, 0.05) is 178 Å². The van der Waals surface area contributed by atoms with E-state index in [1.807, 2.05) is 228 Å². The molecule has 18 aromatic rings. The second-order valence-corrected chi connectivity index (χ2v) is 31.4. The highest BCUT2D eigenvalue weighted by Gasteiger charge is 2.41. The van der Waals surface area contributed by atoms with E-state index >= 15 is 0 Å². The molecule has 22 nitrogen and oxygen atoms in total. The number of nitrogens with zero attached hydrogens (tertiary/aromatic N) is 17. The van der Waals surface area contributed by atoms with Gasteiger partial charge in [-0.15, -0.1) is 0 Å². The molecule has 11 aromatic heterocycles. The van der Waals surface area contributed by atoms with Crippen LogP contribution in [0.3, 0.4) is 0 Å². The maximum absolute atomic E-state index is 8.41. The highest BCUT2D eigenvalue weighted by molar-refractivity contribution is 6.14. The van der Waals surface area contributed by atoms with E-state index in [0.717, 1.165) is 155 Å².